The molecular formula is C5H10ClNO2. The first-order valence-corrected chi connectivity index (χ1v) is 2.61. The molecule has 0 spiro atoms. The van der Waals surface area contributed by atoms with E-state index in [-0.39, 0.29) is 36.9 Å². The average Bonchev–Trinajstić information content (AvgIpc) is 1.98. The molecule has 2 atom stereocenters. The lowest BCUT2D eigenvalue weighted by Gasteiger charge is -2.03. The van der Waals surface area contributed by atoms with Crippen LogP contribution in [0.15, 0.2) is 0 Å². The van der Waals surface area contributed by atoms with Crippen LogP contribution in [0.4, 0.5) is 0 Å². The van der Waals surface area contributed by atoms with Gasteiger partial charge in [0, 0.05) is 0 Å². The highest BCUT2D eigenvalue weighted by molar-refractivity contribution is 5.87. The molecule has 1 fully saturated rings. The maximum Gasteiger partial charge on any atom is 0.177 e. The van der Waals surface area contributed by atoms with Crippen LogP contribution in [-0.2, 0) is 9.53 Å². The molecule has 0 aliphatic carbocycles. The van der Waals surface area contributed by atoms with Crippen molar-refractivity contribution in [3.8, 4) is 0 Å². The van der Waals surface area contributed by atoms with Gasteiger partial charge in [0.1, 0.15) is 6.61 Å². The Kier molecular flexibility index (Phi) is 3.11. The van der Waals surface area contributed by atoms with Gasteiger partial charge in [0.15, 0.2) is 5.78 Å². The average molecular weight is 152 g/mol. The zero-order valence-electron chi connectivity index (χ0n) is 5.16. The number of ether oxygens (including phenoxy) is 1. The lowest BCUT2D eigenvalue weighted by molar-refractivity contribution is -0.118. The van der Waals surface area contributed by atoms with Crippen LogP contribution in [0.3, 0.4) is 0 Å². The Morgan fingerprint density at radius 3 is 2.44 bits per heavy atom. The number of nitrogens with two attached hydrogens (primary N) is 1. The fraction of sp³-hybridized carbons (Fsp3) is 0.800. The van der Waals surface area contributed by atoms with Gasteiger partial charge in [-0.15, -0.1) is 12.4 Å². The molecule has 54 valence electrons. The lowest BCUT2D eigenvalue weighted by atomic mass is 10.2. The van der Waals surface area contributed by atoms with Crippen molar-refractivity contribution in [3.05, 3.63) is 0 Å². The van der Waals surface area contributed by atoms with E-state index in [0.717, 1.165) is 0 Å². The second-order valence-electron chi connectivity index (χ2n) is 2.01. The Hall–Kier alpha value is -0.120. The molecule has 0 radical (unpaired) electrons. The van der Waals surface area contributed by atoms with E-state index in [1.165, 1.54) is 0 Å². The first-order valence-electron chi connectivity index (χ1n) is 2.61. The van der Waals surface area contributed by atoms with Gasteiger partial charge in [-0.1, -0.05) is 0 Å². The molecule has 2 N–H and O–H groups in total. The van der Waals surface area contributed by atoms with Gasteiger partial charge in [0.2, 0.25) is 0 Å². The highest BCUT2D eigenvalue weighted by Gasteiger charge is 2.28. The number of rotatable bonds is 0. The van der Waals surface area contributed by atoms with Crippen molar-refractivity contribution in [2.24, 2.45) is 5.73 Å². The summed E-state index contributed by atoms with van der Waals surface area (Å²) in [4.78, 5) is 10.5. The quantitative estimate of drug-likeness (QED) is 0.518. The zero-order valence-corrected chi connectivity index (χ0v) is 5.98. The van der Waals surface area contributed by atoms with Gasteiger partial charge in [-0.25, -0.2) is 0 Å². The summed E-state index contributed by atoms with van der Waals surface area (Å²) in [6.45, 7) is 2.00. The summed E-state index contributed by atoms with van der Waals surface area (Å²) in [6.07, 6.45) is -0.0810. The molecule has 0 amide bonds. The second-order valence-corrected chi connectivity index (χ2v) is 2.01. The third-order valence-electron chi connectivity index (χ3n) is 1.37. The van der Waals surface area contributed by atoms with E-state index in [9.17, 15) is 4.79 Å². The topological polar surface area (TPSA) is 52.3 Å². The van der Waals surface area contributed by atoms with E-state index < -0.39 is 0 Å². The standard InChI is InChI=1S/C5H9NO2.ClH/c1-3-5(6)4(7)2-8-3;/h3,5H,2,6H2,1H3;1H. The summed E-state index contributed by atoms with van der Waals surface area (Å²) < 4.78 is 4.90. The molecule has 0 saturated carbocycles. The molecule has 0 bridgehead atoms. The summed E-state index contributed by atoms with van der Waals surface area (Å²) in [5.41, 5.74) is 5.35. The van der Waals surface area contributed by atoms with Crippen LogP contribution in [0.2, 0.25) is 0 Å². The Morgan fingerprint density at radius 1 is 1.78 bits per heavy atom. The van der Waals surface area contributed by atoms with E-state index in [4.69, 9.17) is 10.5 Å². The molecule has 1 saturated heterocycles. The van der Waals surface area contributed by atoms with Crippen molar-refractivity contribution in [1.29, 1.82) is 0 Å². The number of carbonyl (C=O) groups is 1. The van der Waals surface area contributed by atoms with Crippen molar-refractivity contribution >= 4 is 18.2 Å². The van der Waals surface area contributed by atoms with Gasteiger partial charge in [-0.05, 0) is 6.92 Å². The number of carbonyl (C=O) groups excluding carboxylic acids is 1. The molecule has 0 aromatic carbocycles. The van der Waals surface area contributed by atoms with E-state index >= 15 is 0 Å². The molecule has 1 heterocycles. The highest BCUT2D eigenvalue weighted by Crippen LogP contribution is 2.05. The Labute approximate surface area is 60.0 Å². The third kappa shape index (κ3) is 1.64. The van der Waals surface area contributed by atoms with Gasteiger partial charge >= 0.3 is 0 Å². The van der Waals surface area contributed by atoms with Crippen LogP contribution in [-0.4, -0.2) is 24.5 Å². The summed E-state index contributed by atoms with van der Waals surface area (Å²) in [5.74, 6) is 0.0116. The number of hydrogen-bond acceptors (Lipinski definition) is 3. The predicted molar refractivity (Wildman–Crippen MR) is 35.6 cm³/mol. The number of hydrogen-bond donors (Lipinski definition) is 1. The fourth-order valence-corrected chi connectivity index (χ4v) is 0.675. The minimum absolute atomic E-state index is 0. The molecule has 0 aromatic rings. The van der Waals surface area contributed by atoms with Crippen LogP contribution < -0.4 is 5.73 Å². The Morgan fingerprint density at radius 2 is 2.33 bits per heavy atom. The first kappa shape index (κ1) is 8.88. The maximum absolute atomic E-state index is 10.5. The Balaban J connectivity index is 0.000000640. The monoisotopic (exact) mass is 151 g/mol. The summed E-state index contributed by atoms with van der Waals surface area (Å²) in [7, 11) is 0. The van der Waals surface area contributed by atoms with Gasteiger partial charge in [-0.2, -0.15) is 0 Å². The molecule has 1 aliphatic rings. The first-order chi connectivity index (χ1) is 3.72. The molecule has 1 rings (SSSR count). The van der Waals surface area contributed by atoms with Crippen LogP contribution in [0.25, 0.3) is 0 Å². The van der Waals surface area contributed by atoms with Gasteiger partial charge in [0.25, 0.3) is 0 Å². The normalized spacial score (nSPS) is 34.2. The smallest absolute Gasteiger partial charge is 0.177 e. The van der Waals surface area contributed by atoms with Gasteiger partial charge < -0.3 is 10.5 Å². The van der Waals surface area contributed by atoms with E-state index in [0.29, 0.717) is 0 Å². The SMILES string of the molecule is CC1OCC(=O)C1N.Cl. The van der Waals surface area contributed by atoms with Crippen LogP contribution in [0, 0.1) is 0 Å². The predicted octanol–water partition coefficient (Wildman–Crippen LogP) is -0.277. The minimum atomic E-state index is -0.380. The zero-order chi connectivity index (χ0) is 6.15. The van der Waals surface area contributed by atoms with Gasteiger partial charge in [0.05, 0.1) is 12.1 Å². The summed E-state index contributed by atoms with van der Waals surface area (Å²) >= 11 is 0. The van der Waals surface area contributed by atoms with Crippen molar-refractivity contribution in [2.75, 3.05) is 6.61 Å². The highest BCUT2D eigenvalue weighted by atomic mass is 35.5. The fourth-order valence-electron chi connectivity index (χ4n) is 0.675. The van der Waals surface area contributed by atoms with Crippen molar-refractivity contribution in [2.45, 2.75) is 19.1 Å². The number of Topliss-reactive ketones (excluding diaryl/α,β-unsaturated/α-hetero) is 1. The van der Waals surface area contributed by atoms with E-state index in [1.807, 2.05) is 0 Å². The maximum atomic E-state index is 10.5. The molecule has 3 nitrogen and oxygen atoms in total. The molecule has 0 aromatic heterocycles. The van der Waals surface area contributed by atoms with Gasteiger partial charge in [-0.3, -0.25) is 4.79 Å². The molecule has 9 heavy (non-hydrogen) atoms. The lowest BCUT2D eigenvalue weighted by Crippen LogP contribution is -2.33. The number of ketones is 1. The van der Waals surface area contributed by atoms with Crippen molar-refractivity contribution < 1.29 is 9.53 Å². The second kappa shape index (κ2) is 3.15. The van der Waals surface area contributed by atoms with Crippen LogP contribution >= 0.6 is 12.4 Å². The van der Waals surface area contributed by atoms with Crippen LogP contribution in [0.1, 0.15) is 6.92 Å². The van der Waals surface area contributed by atoms with Crippen molar-refractivity contribution in [1.82, 2.24) is 0 Å². The van der Waals surface area contributed by atoms with E-state index in [1.54, 1.807) is 6.92 Å². The molecule has 1 aliphatic heterocycles. The van der Waals surface area contributed by atoms with E-state index in [2.05, 4.69) is 0 Å². The minimum Gasteiger partial charge on any atom is -0.369 e. The van der Waals surface area contributed by atoms with Crippen LogP contribution in [0.5, 0.6) is 0 Å². The third-order valence-corrected chi connectivity index (χ3v) is 1.37. The molecule has 4 heteroatoms. The summed E-state index contributed by atoms with van der Waals surface area (Å²) in [6, 6.07) is -0.380. The number of halogens is 1. The summed E-state index contributed by atoms with van der Waals surface area (Å²) in [5, 5.41) is 0. The molecular weight excluding hydrogens is 142 g/mol. The van der Waals surface area contributed by atoms with Crippen molar-refractivity contribution in [3.63, 3.8) is 0 Å². The Bertz CT molecular complexity index is 118. The largest absolute Gasteiger partial charge is 0.369 e. The molecule has 2 unspecified atom stereocenters.